The maximum atomic E-state index is 6.29. The molecule has 2 aliphatic carbocycles. The zero-order chi connectivity index (χ0) is 34.2. The monoisotopic (exact) mass is 688 g/mol. The molecule has 3 aliphatic rings. The van der Waals surface area contributed by atoms with E-state index in [2.05, 4.69) is 76.0 Å². The topological polar surface area (TPSA) is 91.3 Å². The van der Waals surface area contributed by atoms with Crippen LogP contribution in [-0.4, -0.2) is 52.2 Å². The summed E-state index contributed by atoms with van der Waals surface area (Å²) in [6.45, 7) is 2.76. The average Bonchev–Trinajstić information content (AvgIpc) is 3.59. The highest BCUT2D eigenvalue weighted by Gasteiger charge is 2.32. The van der Waals surface area contributed by atoms with Gasteiger partial charge in [0.2, 0.25) is 0 Å². The van der Waals surface area contributed by atoms with Crippen LogP contribution < -0.4 is 15.2 Å². The fraction of sp³-hybridized carbons (Fsp3) is 0.390. The Balaban J connectivity index is 0.864. The number of allylic oxidation sites excluding steroid dienone is 2. The van der Waals surface area contributed by atoms with E-state index in [9.17, 15) is 0 Å². The number of anilines is 1. The van der Waals surface area contributed by atoms with Gasteiger partial charge < -0.3 is 15.2 Å². The predicted molar refractivity (Wildman–Crippen MR) is 199 cm³/mol. The predicted octanol–water partition coefficient (Wildman–Crippen LogP) is 8.12. The van der Waals surface area contributed by atoms with E-state index >= 15 is 0 Å². The Morgan fingerprint density at radius 2 is 1.76 bits per heavy atom. The number of nitrogen functional groups attached to an aromatic ring is 1. The van der Waals surface area contributed by atoms with Gasteiger partial charge in [-0.2, -0.15) is 0 Å². The third-order valence-electron chi connectivity index (χ3n) is 11.0. The first-order valence-corrected chi connectivity index (χ1v) is 18.3. The summed E-state index contributed by atoms with van der Waals surface area (Å²) in [7, 11) is 3.41. The number of aryl methyl sites for hydroxylation is 1. The summed E-state index contributed by atoms with van der Waals surface area (Å²) in [6.07, 6.45) is 13.2. The highest BCUT2D eigenvalue weighted by molar-refractivity contribution is 6.33. The molecule has 3 atom stereocenters. The van der Waals surface area contributed by atoms with Gasteiger partial charge in [-0.1, -0.05) is 58.8 Å². The molecule has 0 saturated heterocycles. The van der Waals surface area contributed by atoms with E-state index in [-0.39, 0.29) is 6.04 Å². The molecule has 2 bridgehead atoms. The largest absolute Gasteiger partial charge is 0.493 e. The molecule has 50 heavy (non-hydrogen) atoms. The van der Waals surface area contributed by atoms with Crippen LogP contribution >= 0.6 is 11.6 Å². The molecule has 2 N–H and O–H groups in total. The van der Waals surface area contributed by atoms with Crippen LogP contribution in [0.5, 0.6) is 11.5 Å². The Morgan fingerprint density at radius 3 is 2.60 bits per heavy atom. The van der Waals surface area contributed by atoms with Gasteiger partial charge in [-0.15, -0.1) is 5.10 Å². The van der Waals surface area contributed by atoms with Crippen molar-refractivity contribution < 1.29 is 9.47 Å². The SMILES string of the molecule is COc1cc2c(cc1OC)C(c1ccccc1)N(CCc1cn(CCCCC3=C[C@H]4Cc5nc6cc(Cl)c(N)cc6cc5[C@@H](C3)C4)nn1)CC2. The maximum absolute atomic E-state index is 6.29. The molecule has 8 rings (SSSR count). The molecule has 0 fully saturated rings. The smallest absolute Gasteiger partial charge is 0.161 e. The molecule has 1 aliphatic heterocycles. The van der Waals surface area contributed by atoms with Gasteiger partial charge in [0.1, 0.15) is 0 Å². The third kappa shape index (κ3) is 6.59. The first-order chi connectivity index (χ1) is 24.4. The summed E-state index contributed by atoms with van der Waals surface area (Å²) in [4.78, 5) is 7.59. The van der Waals surface area contributed by atoms with Crippen molar-refractivity contribution in [1.29, 1.82) is 0 Å². The van der Waals surface area contributed by atoms with E-state index in [1.54, 1.807) is 19.8 Å². The minimum Gasteiger partial charge on any atom is -0.493 e. The maximum Gasteiger partial charge on any atom is 0.161 e. The van der Waals surface area contributed by atoms with E-state index in [4.69, 9.17) is 31.8 Å². The standard InChI is InChI=1S/C41H45ClN6O2/c1-49-39-22-29-11-14-47(41(28-9-4-3-5-10-28)34(29)23-40(39)50-2)15-12-32-25-48(46-45-32)13-7-6-8-26-16-27-18-30(17-26)33-20-31-21-36(43)35(42)24-37(31)44-38(33)19-27/h3-5,9-10,16,20-25,27,30,41H,6-8,11-15,17-19,43H2,1-2H3/t27-,30+,41?/m1/s1. The first-order valence-electron chi connectivity index (χ1n) is 18.0. The summed E-state index contributed by atoms with van der Waals surface area (Å²) in [6, 6.07) is 21.4. The highest BCUT2D eigenvalue weighted by atomic mass is 35.5. The Labute approximate surface area is 299 Å². The summed E-state index contributed by atoms with van der Waals surface area (Å²) in [5, 5.41) is 10.7. The van der Waals surface area contributed by atoms with E-state index in [1.807, 2.05) is 16.8 Å². The van der Waals surface area contributed by atoms with Crippen LogP contribution in [-0.2, 0) is 25.8 Å². The number of rotatable bonds is 11. The molecule has 5 aromatic rings. The van der Waals surface area contributed by atoms with E-state index in [1.165, 1.54) is 34.4 Å². The van der Waals surface area contributed by atoms with Gasteiger partial charge in [0.25, 0.3) is 0 Å². The van der Waals surface area contributed by atoms with Gasteiger partial charge in [-0.25, -0.2) is 0 Å². The number of hydrogen-bond donors (Lipinski definition) is 1. The van der Waals surface area contributed by atoms with E-state index in [0.29, 0.717) is 22.5 Å². The molecule has 3 aromatic carbocycles. The molecule has 9 heteroatoms. The number of benzene rings is 3. The van der Waals surface area contributed by atoms with Crippen molar-refractivity contribution in [3.63, 3.8) is 0 Å². The number of nitrogens with zero attached hydrogens (tertiary/aromatic N) is 5. The lowest BCUT2D eigenvalue weighted by molar-refractivity contribution is 0.214. The Bertz CT molecular complexity index is 2040. The molecule has 1 unspecified atom stereocenters. The van der Waals surface area contributed by atoms with Crippen molar-refractivity contribution in [2.75, 3.05) is 33.0 Å². The van der Waals surface area contributed by atoms with Crippen LogP contribution in [0.3, 0.4) is 0 Å². The minimum absolute atomic E-state index is 0.144. The van der Waals surface area contributed by atoms with Gasteiger partial charge in [0.05, 0.1) is 42.2 Å². The second kappa shape index (κ2) is 14.1. The summed E-state index contributed by atoms with van der Waals surface area (Å²) in [5.74, 6) is 2.67. The Morgan fingerprint density at radius 1 is 0.920 bits per heavy atom. The van der Waals surface area contributed by atoms with Crippen LogP contribution in [0.1, 0.15) is 77.7 Å². The van der Waals surface area contributed by atoms with Crippen LogP contribution in [0, 0.1) is 5.92 Å². The van der Waals surface area contributed by atoms with Crippen molar-refractivity contribution in [3.8, 4) is 11.5 Å². The van der Waals surface area contributed by atoms with Gasteiger partial charge in [-0.3, -0.25) is 14.6 Å². The number of ether oxygens (including phenoxy) is 2. The van der Waals surface area contributed by atoms with Crippen molar-refractivity contribution >= 4 is 28.2 Å². The minimum atomic E-state index is 0.144. The molecular weight excluding hydrogens is 644 g/mol. The second-order valence-electron chi connectivity index (χ2n) is 14.2. The van der Waals surface area contributed by atoms with Crippen LogP contribution in [0.25, 0.3) is 10.9 Å². The number of halogens is 1. The Kier molecular flexibility index (Phi) is 9.23. The van der Waals surface area contributed by atoms with Crippen molar-refractivity contribution in [2.24, 2.45) is 5.92 Å². The van der Waals surface area contributed by atoms with Gasteiger partial charge in [0, 0.05) is 43.3 Å². The number of aromatic nitrogens is 4. The number of nitrogens with two attached hydrogens (primary N) is 1. The average molecular weight is 689 g/mol. The van der Waals surface area contributed by atoms with E-state index < -0.39 is 0 Å². The van der Waals surface area contributed by atoms with E-state index in [0.717, 1.165) is 92.7 Å². The van der Waals surface area contributed by atoms with Crippen molar-refractivity contribution in [1.82, 2.24) is 24.9 Å². The number of unbranched alkanes of at least 4 members (excludes halogenated alkanes) is 1. The molecule has 0 spiro atoms. The van der Waals surface area contributed by atoms with Crippen LogP contribution in [0.2, 0.25) is 5.02 Å². The highest BCUT2D eigenvalue weighted by Crippen LogP contribution is 2.45. The number of methoxy groups -OCH3 is 2. The molecule has 2 aromatic heterocycles. The summed E-state index contributed by atoms with van der Waals surface area (Å²) < 4.78 is 13.4. The van der Waals surface area contributed by atoms with Crippen molar-refractivity contribution in [3.05, 3.63) is 117 Å². The second-order valence-corrected chi connectivity index (χ2v) is 14.6. The fourth-order valence-electron chi connectivity index (χ4n) is 8.55. The first kappa shape index (κ1) is 32.8. The summed E-state index contributed by atoms with van der Waals surface area (Å²) >= 11 is 6.29. The molecule has 8 nitrogen and oxygen atoms in total. The number of hydrogen-bond acceptors (Lipinski definition) is 7. The molecule has 258 valence electrons. The normalized spacial score (nSPS) is 19.9. The van der Waals surface area contributed by atoms with Crippen molar-refractivity contribution in [2.45, 2.75) is 69.9 Å². The lowest BCUT2D eigenvalue weighted by atomic mass is 9.71. The lowest BCUT2D eigenvalue weighted by Gasteiger charge is -2.38. The van der Waals surface area contributed by atoms with Gasteiger partial charge >= 0.3 is 0 Å². The zero-order valence-corrected chi connectivity index (χ0v) is 29.7. The summed E-state index contributed by atoms with van der Waals surface area (Å²) in [5.41, 5.74) is 16.8. The molecule has 3 heterocycles. The third-order valence-corrected chi connectivity index (χ3v) is 11.3. The quantitative estimate of drug-likeness (QED) is 0.0852. The molecular formula is C41H45ClN6O2. The zero-order valence-electron chi connectivity index (χ0n) is 28.9. The van der Waals surface area contributed by atoms with Gasteiger partial charge in [0.15, 0.2) is 11.5 Å². The molecule has 0 radical (unpaired) electrons. The molecule has 0 amide bonds. The van der Waals surface area contributed by atoms with Crippen LogP contribution in [0.4, 0.5) is 5.69 Å². The number of fused-ring (bicyclic) bond motifs is 6. The van der Waals surface area contributed by atoms with Crippen LogP contribution in [0.15, 0.2) is 78.5 Å². The lowest BCUT2D eigenvalue weighted by Crippen LogP contribution is -2.37. The fourth-order valence-corrected chi connectivity index (χ4v) is 8.70. The molecule has 0 saturated carbocycles. The van der Waals surface area contributed by atoms with Gasteiger partial charge in [-0.05, 0) is 109 Å². The Hall–Kier alpha value is -4.40. The number of pyridine rings is 1.